The molecule has 9 heteroatoms. The van der Waals surface area contributed by atoms with Gasteiger partial charge in [-0.15, -0.1) is 0 Å². The van der Waals surface area contributed by atoms with E-state index in [1.54, 1.807) is 24.3 Å². The monoisotopic (exact) mass is 386 g/mol. The number of carboxylic acids is 2. The zero-order valence-corrected chi connectivity index (χ0v) is 14.6. The van der Waals surface area contributed by atoms with Gasteiger partial charge in [-0.1, -0.05) is 18.2 Å². The molecule has 0 radical (unpaired) electrons. The van der Waals surface area contributed by atoms with E-state index in [1.165, 1.54) is 24.3 Å². The van der Waals surface area contributed by atoms with Crippen LogP contribution in [0.25, 0.3) is 0 Å². The molecule has 1 unspecified atom stereocenters. The van der Waals surface area contributed by atoms with Crippen molar-refractivity contribution in [3.8, 4) is 0 Å². The molecule has 27 heavy (non-hydrogen) atoms. The largest absolute Gasteiger partial charge is 0.478 e. The van der Waals surface area contributed by atoms with Gasteiger partial charge in [-0.05, 0) is 47.7 Å². The Balaban J connectivity index is 1.70. The highest BCUT2D eigenvalue weighted by atomic mass is 32.2. The van der Waals surface area contributed by atoms with Crippen molar-refractivity contribution in [2.75, 3.05) is 5.32 Å². The van der Waals surface area contributed by atoms with E-state index >= 15 is 0 Å². The number of rotatable bonds is 6. The van der Waals surface area contributed by atoms with Crippen LogP contribution in [0.15, 0.2) is 48.5 Å². The lowest BCUT2D eigenvalue weighted by molar-refractivity contribution is -0.126. The molecule has 2 aromatic rings. The van der Waals surface area contributed by atoms with E-state index in [4.69, 9.17) is 10.2 Å². The topological polar surface area (TPSA) is 124 Å². The standard InChI is InChI=1S/C18H14N2O6S/c21-15-14(19-13-3-1-2-12(8-13)17(24)25)27-18(26)20(15)9-10-4-6-11(7-5-10)16(22)23/h1-8,14,19H,9H2,(H,22,23)(H,24,25). The fraction of sp³-hybridized carbons (Fsp3) is 0.111. The molecule has 0 spiro atoms. The van der Waals surface area contributed by atoms with Crippen LogP contribution in [-0.2, 0) is 11.3 Å². The number of carboxylic acid groups (broad SMARTS) is 2. The van der Waals surface area contributed by atoms with Crippen LogP contribution in [0.4, 0.5) is 10.5 Å². The third kappa shape index (κ3) is 4.09. The lowest BCUT2D eigenvalue weighted by atomic mass is 10.1. The number of amides is 2. The molecule has 1 saturated heterocycles. The number of hydrogen-bond donors (Lipinski definition) is 3. The molecule has 0 aliphatic carbocycles. The highest BCUT2D eigenvalue weighted by Gasteiger charge is 2.39. The summed E-state index contributed by atoms with van der Waals surface area (Å²) in [6.45, 7) is 0.0257. The Labute approximate surface area is 157 Å². The van der Waals surface area contributed by atoms with Crippen molar-refractivity contribution in [3.63, 3.8) is 0 Å². The number of carbonyl (C=O) groups is 4. The average molecular weight is 386 g/mol. The summed E-state index contributed by atoms with van der Waals surface area (Å²) in [4.78, 5) is 47.7. The third-order valence-electron chi connectivity index (χ3n) is 3.88. The summed E-state index contributed by atoms with van der Waals surface area (Å²) in [6, 6.07) is 11.9. The second-order valence-electron chi connectivity index (χ2n) is 5.72. The van der Waals surface area contributed by atoms with Crippen LogP contribution in [0.2, 0.25) is 0 Å². The summed E-state index contributed by atoms with van der Waals surface area (Å²) in [5, 5.41) is 19.5. The van der Waals surface area contributed by atoms with Gasteiger partial charge >= 0.3 is 11.9 Å². The number of benzene rings is 2. The van der Waals surface area contributed by atoms with Gasteiger partial charge in [-0.2, -0.15) is 0 Å². The normalized spacial score (nSPS) is 16.4. The molecule has 1 aliphatic heterocycles. The fourth-order valence-corrected chi connectivity index (χ4v) is 3.42. The second-order valence-corrected chi connectivity index (χ2v) is 6.78. The predicted octanol–water partition coefficient (Wildman–Crippen LogP) is 2.72. The molecule has 0 saturated carbocycles. The van der Waals surface area contributed by atoms with Crippen LogP contribution >= 0.6 is 11.8 Å². The third-order valence-corrected chi connectivity index (χ3v) is 4.86. The maximum atomic E-state index is 12.5. The van der Waals surface area contributed by atoms with Crippen LogP contribution < -0.4 is 5.32 Å². The van der Waals surface area contributed by atoms with Crippen molar-refractivity contribution in [1.29, 1.82) is 0 Å². The summed E-state index contributed by atoms with van der Waals surface area (Å²) in [5.41, 5.74) is 1.22. The molecule has 1 fully saturated rings. The fourth-order valence-electron chi connectivity index (χ4n) is 2.51. The van der Waals surface area contributed by atoms with E-state index in [1.807, 2.05) is 0 Å². The van der Waals surface area contributed by atoms with Crippen LogP contribution in [0.5, 0.6) is 0 Å². The molecule has 138 valence electrons. The van der Waals surface area contributed by atoms with Crippen LogP contribution in [0.1, 0.15) is 26.3 Å². The maximum Gasteiger partial charge on any atom is 0.335 e. The van der Waals surface area contributed by atoms with Gasteiger partial charge < -0.3 is 15.5 Å². The first-order valence-electron chi connectivity index (χ1n) is 7.79. The van der Waals surface area contributed by atoms with Crippen molar-refractivity contribution in [2.24, 2.45) is 0 Å². The minimum Gasteiger partial charge on any atom is -0.478 e. The van der Waals surface area contributed by atoms with E-state index < -0.39 is 28.5 Å². The van der Waals surface area contributed by atoms with Crippen molar-refractivity contribution in [2.45, 2.75) is 11.9 Å². The second kappa shape index (κ2) is 7.50. The number of aromatic carboxylic acids is 2. The van der Waals surface area contributed by atoms with Gasteiger partial charge in [0.05, 0.1) is 17.7 Å². The number of carbonyl (C=O) groups excluding carboxylic acids is 2. The minimum atomic E-state index is -1.09. The quantitative estimate of drug-likeness (QED) is 0.692. The number of nitrogens with one attached hydrogen (secondary N) is 1. The average Bonchev–Trinajstić information content (AvgIpc) is 2.90. The van der Waals surface area contributed by atoms with Crippen molar-refractivity contribution < 1.29 is 29.4 Å². The lowest BCUT2D eigenvalue weighted by Gasteiger charge is -2.15. The Kier molecular flexibility index (Phi) is 5.13. The molecular formula is C18H14N2O6S. The van der Waals surface area contributed by atoms with Crippen molar-refractivity contribution in [3.05, 3.63) is 65.2 Å². The van der Waals surface area contributed by atoms with Gasteiger partial charge in [0.15, 0.2) is 5.37 Å². The van der Waals surface area contributed by atoms with Gasteiger partial charge in [0.1, 0.15) is 0 Å². The number of imide groups is 1. The molecule has 3 N–H and O–H groups in total. The minimum absolute atomic E-state index is 0.0257. The molecule has 2 aromatic carbocycles. The highest BCUT2D eigenvalue weighted by molar-refractivity contribution is 8.15. The zero-order valence-electron chi connectivity index (χ0n) is 13.8. The Morgan fingerprint density at radius 2 is 1.67 bits per heavy atom. The van der Waals surface area contributed by atoms with Crippen LogP contribution in [0, 0.1) is 0 Å². The van der Waals surface area contributed by atoms with Crippen LogP contribution in [-0.4, -0.2) is 43.6 Å². The van der Waals surface area contributed by atoms with Crippen LogP contribution in [0.3, 0.4) is 0 Å². The number of nitrogens with zero attached hydrogens (tertiary/aromatic N) is 1. The van der Waals surface area contributed by atoms with Gasteiger partial charge in [0.2, 0.25) is 0 Å². The number of anilines is 1. The number of hydrogen-bond acceptors (Lipinski definition) is 6. The van der Waals surface area contributed by atoms with Gasteiger partial charge in [0, 0.05) is 5.69 Å². The summed E-state index contributed by atoms with van der Waals surface area (Å²) < 4.78 is 0. The first kappa shape index (κ1) is 18.5. The predicted molar refractivity (Wildman–Crippen MR) is 97.8 cm³/mol. The maximum absolute atomic E-state index is 12.5. The SMILES string of the molecule is O=C(O)c1ccc(CN2C(=O)SC(Nc3cccc(C(=O)O)c3)C2=O)cc1. The van der Waals surface area contributed by atoms with E-state index in [0.717, 1.165) is 16.7 Å². The molecule has 0 aromatic heterocycles. The van der Waals surface area contributed by atoms with Gasteiger partial charge in [0.25, 0.3) is 11.1 Å². The highest BCUT2D eigenvalue weighted by Crippen LogP contribution is 2.29. The molecule has 0 bridgehead atoms. The van der Waals surface area contributed by atoms with Crippen molar-refractivity contribution >= 4 is 40.5 Å². The molecular weight excluding hydrogens is 372 g/mol. The van der Waals surface area contributed by atoms with E-state index in [9.17, 15) is 19.2 Å². The summed E-state index contributed by atoms with van der Waals surface area (Å²) in [6.07, 6.45) is 0. The van der Waals surface area contributed by atoms with E-state index in [-0.39, 0.29) is 17.7 Å². The van der Waals surface area contributed by atoms with E-state index in [2.05, 4.69) is 5.32 Å². The smallest absolute Gasteiger partial charge is 0.335 e. The van der Waals surface area contributed by atoms with E-state index in [0.29, 0.717) is 11.3 Å². The Hall–Kier alpha value is -3.33. The molecule has 2 amide bonds. The summed E-state index contributed by atoms with van der Waals surface area (Å²) >= 11 is 0.803. The first-order valence-corrected chi connectivity index (χ1v) is 8.67. The molecule has 1 heterocycles. The Bertz CT molecular complexity index is 928. The molecule has 1 aliphatic rings. The Morgan fingerprint density at radius 3 is 2.30 bits per heavy atom. The lowest BCUT2D eigenvalue weighted by Crippen LogP contribution is -2.33. The molecule has 3 rings (SSSR count). The first-order chi connectivity index (χ1) is 12.8. The van der Waals surface area contributed by atoms with Crippen molar-refractivity contribution in [1.82, 2.24) is 4.90 Å². The summed E-state index contributed by atoms with van der Waals surface area (Å²) in [7, 11) is 0. The summed E-state index contributed by atoms with van der Waals surface area (Å²) in [5.74, 6) is -2.60. The molecule has 8 nitrogen and oxygen atoms in total. The van der Waals surface area contributed by atoms with Gasteiger partial charge in [-0.25, -0.2) is 9.59 Å². The zero-order chi connectivity index (χ0) is 19.6. The number of thioether (sulfide) groups is 1. The molecule has 1 atom stereocenters. The van der Waals surface area contributed by atoms with Gasteiger partial charge in [-0.3, -0.25) is 14.5 Å². The Morgan fingerprint density at radius 1 is 1.00 bits per heavy atom.